The Kier molecular flexibility index (Phi) is 8.97. The molecule has 1 aromatic carbocycles. The minimum Gasteiger partial charge on any atom is -0.310 e. The first-order chi connectivity index (χ1) is 9.31. The van der Waals surface area contributed by atoms with Crippen molar-refractivity contribution in [3.8, 4) is 0 Å². The molecule has 0 fully saturated rings. The van der Waals surface area contributed by atoms with E-state index in [9.17, 15) is 0 Å². The molecule has 1 aromatic rings. The smallest absolute Gasteiger partial charge is 0.0411 e. The van der Waals surface area contributed by atoms with Gasteiger partial charge in [-0.25, -0.2) is 0 Å². The summed E-state index contributed by atoms with van der Waals surface area (Å²) in [5.74, 6) is 2.37. The summed E-state index contributed by atoms with van der Waals surface area (Å²) in [5.41, 5.74) is 1.40. The van der Waals surface area contributed by atoms with Crippen LogP contribution in [0.25, 0.3) is 0 Å². The fourth-order valence-corrected chi connectivity index (χ4v) is 3.24. The van der Waals surface area contributed by atoms with Crippen LogP contribution in [-0.2, 0) is 0 Å². The third-order valence-electron chi connectivity index (χ3n) is 3.38. The Balaban J connectivity index is 2.34. The summed E-state index contributed by atoms with van der Waals surface area (Å²) in [6.45, 7) is 11.2. The van der Waals surface area contributed by atoms with E-state index in [-0.39, 0.29) is 0 Å². The van der Waals surface area contributed by atoms with E-state index < -0.39 is 0 Å². The van der Waals surface area contributed by atoms with E-state index in [0.717, 1.165) is 25.4 Å². The van der Waals surface area contributed by atoms with Crippen LogP contribution in [0.1, 0.15) is 32.4 Å². The topological polar surface area (TPSA) is 15.3 Å². The Morgan fingerprint density at radius 3 is 2.37 bits per heavy atom. The maximum atomic E-state index is 3.58. The van der Waals surface area contributed by atoms with E-state index in [2.05, 4.69) is 73.1 Å². The van der Waals surface area contributed by atoms with Crippen LogP contribution < -0.4 is 5.32 Å². The molecule has 0 aliphatic rings. The summed E-state index contributed by atoms with van der Waals surface area (Å²) in [7, 11) is 0. The highest BCUT2D eigenvalue weighted by molar-refractivity contribution is 7.99. The molecule has 0 radical (unpaired) electrons. The molecule has 1 atom stereocenters. The summed E-state index contributed by atoms with van der Waals surface area (Å²) in [6, 6.07) is 11.3. The Hall–Kier alpha value is -0.510. The second-order valence-corrected chi connectivity index (χ2v) is 5.77. The third kappa shape index (κ3) is 6.46. The van der Waals surface area contributed by atoms with Gasteiger partial charge in [0, 0.05) is 24.1 Å². The number of nitrogens with zero attached hydrogens (tertiary/aromatic N) is 1. The zero-order valence-electron chi connectivity index (χ0n) is 12.6. The molecule has 1 unspecified atom stereocenters. The van der Waals surface area contributed by atoms with Gasteiger partial charge in [0.15, 0.2) is 0 Å². The number of benzene rings is 1. The SMILES string of the molecule is CCNC(CSCCN(CC)CC)c1ccccc1. The van der Waals surface area contributed by atoms with Crippen LogP contribution in [0.3, 0.4) is 0 Å². The molecule has 108 valence electrons. The standard InChI is InChI=1S/C16H28N2S/c1-4-17-16(15-10-8-7-9-11-15)14-19-13-12-18(5-2)6-3/h7-11,16-17H,4-6,12-14H2,1-3H3. The first-order valence-corrected chi connectivity index (χ1v) is 8.55. The molecule has 1 N–H and O–H groups in total. The fraction of sp³-hybridized carbons (Fsp3) is 0.625. The summed E-state index contributed by atoms with van der Waals surface area (Å²) >= 11 is 2.05. The molecular formula is C16H28N2S. The predicted molar refractivity (Wildman–Crippen MR) is 88.0 cm³/mol. The highest BCUT2D eigenvalue weighted by Gasteiger charge is 2.09. The number of nitrogens with one attached hydrogen (secondary N) is 1. The van der Waals surface area contributed by atoms with Crippen LogP contribution in [0.5, 0.6) is 0 Å². The third-order valence-corrected chi connectivity index (χ3v) is 4.42. The van der Waals surface area contributed by atoms with Crippen molar-refractivity contribution < 1.29 is 0 Å². The monoisotopic (exact) mass is 280 g/mol. The van der Waals surface area contributed by atoms with E-state index in [0.29, 0.717) is 6.04 Å². The average molecular weight is 280 g/mol. The summed E-state index contributed by atoms with van der Waals surface area (Å²) < 4.78 is 0. The van der Waals surface area contributed by atoms with Crippen molar-refractivity contribution in [3.05, 3.63) is 35.9 Å². The lowest BCUT2D eigenvalue weighted by molar-refractivity contribution is 0.324. The first-order valence-electron chi connectivity index (χ1n) is 7.40. The molecular weight excluding hydrogens is 252 g/mol. The second-order valence-electron chi connectivity index (χ2n) is 4.62. The van der Waals surface area contributed by atoms with Gasteiger partial charge in [-0.05, 0) is 25.2 Å². The van der Waals surface area contributed by atoms with Gasteiger partial charge < -0.3 is 10.2 Å². The van der Waals surface area contributed by atoms with Gasteiger partial charge in [0.05, 0.1) is 0 Å². The maximum absolute atomic E-state index is 3.58. The molecule has 0 aliphatic heterocycles. The summed E-state index contributed by atoms with van der Waals surface area (Å²) in [6.07, 6.45) is 0. The lowest BCUT2D eigenvalue weighted by atomic mass is 10.1. The average Bonchev–Trinajstić information content (AvgIpc) is 2.47. The highest BCUT2D eigenvalue weighted by atomic mass is 32.2. The molecule has 0 bridgehead atoms. The van der Waals surface area contributed by atoms with Gasteiger partial charge in [-0.3, -0.25) is 0 Å². The molecule has 0 aromatic heterocycles. The number of hydrogen-bond acceptors (Lipinski definition) is 3. The maximum Gasteiger partial charge on any atom is 0.0411 e. The molecule has 0 aliphatic carbocycles. The van der Waals surface area contributed by atoms with Crippen molar-refractivity contribution in [2.45, 2.75) is 26.8 Å². The normalized spacial score (nSPS) is 12.8. The van der Waals surface area contributed by atoms with Crippen LogP contribution in [0.4, 0.5) is 0 Å². The molecule has 0 saturated carbocycles. The van der Waals surface area contributed by atoms with Crippen molar-refractivity contribution in [1.29, 1.82) is 0 Å². The minimum atomic E-state index is 0.480. The van der Waals surface area contributed by atoms with Crippen LogP contribution >= 0.6 is 11.8 Å². The molecule has 1 rings (SSSR count). The Bertz CT molecular complexity index is 312. The molecule has 0 saturated heterocycles. The molecule has 19 heavy (non-hydrogen) atoms. The van der Waals surface area contributed by atoms with Crippen molar-refractivity contribution >= 4 is 11.8 Å². The quantitative estimate of drug-likeness (QED) is 0.661. The van der Waals surface area contributed by atoms with Gasteiger partial charge in [-0.15, -0.1) is 0 Å². The molecule has 0 spiro atoms. The van der Waals surface area contributed by atoms with Crippen LogP contribution in [0.15, 0.2) is 30.3 Å². The van der Waals surface area contributed by atoms with E-state index in [1.54, 1.807) is 0 Å². The second kappa shape index (κ2) is 10.3. The van der Waals surface area contributed by atoms with Crippen molar-refractivity contribution in [3.63, 3.8) is 0 Å². The number of thioether (sulfide) groups is 1. The zero-order chi connectivity index (χ0) is 13.9. The van der Waals surface area contributed by atoms with E-state index >= 15 is 0 Å². The van der Waals surface area contributed by atoms with Crippen molar-refractivity contribution in [1.82, 2.24) is 10.2 Å². The number of hydrogen-bond donors (Lipinski definition) is 1. The van der Waals surface area contributed by atoms with Crippen molar-refractivity contribution in [2.75, 3.05) is 37.7 Å². The van der Waals surface area contributed by atoms with Gasteiger partial charge in [-0.2, -0.15) is 11.8 Å². The van der Waals surface area contributed by atoms with Gasteiger partial charge in [0.1, 0.15) is 0 Å². The molecule has 2 nitrogen and oxygen atoms in total. The summed E-state index contributed by atoms with van der Waals surface area (Å²) in [5, 5.41) is 3.58. The zero-order valence-corrected chi connectivity index (χ0v) is 13.4. The summed E-state index contributed by atoms with van der Waals surface area (Å²) in [4.78, 5) is 2.48. The Morgan fingerprint density at radius 1 is 1.11 bits per heavy atom. The van der Waals surface area contributed by atoms with Gasteiger partial charge >= 0.3 is 0 Å². The van der Waals surface area contributed by atoms with E-state index in [1.807, 2.05) is 0 Å². The van der Waals surface area contributed by atoms with E-state index in [1.165, 1.54) is 17.9 Å². The molecule has 3 heteroatoms. The molecule has 0 heterocycles. The highest BCUT2D eigenvalue weighted by Crippen LogP contribution is 2.18. The number of rotatable bonds is 10. The fourth-order valence-electron chi connectivity index (χ4n) is 2.14. The Morgan fingerprint density at radius 2 is 1.79 bits per heavy atom. The van der Waals surface area contributed by atoms with Gasteiger partial charge in [0.25, 0.3) is 0 Å². The first kappa shape index (κ1) is 16.5. The van der Waals surface area contributed by atoms with Crippen LogP contribution in [0, 0.1) is 0 Å². The Labute approximate surface area is 123 Å². The van der Waals surface area contributed by atoms with Gasteiger partial charge in [-0.1, -0.05) is 51.1 Å². The predicted octanol–water partition coefficient (Wildman–Crippen LogP) is 3.41. The van der Waals surface area contributed by atoms with E-state index in [4.69, 9.17) is 0 Å². The van der Waals surface area contributed by atoms with Crippen molar-refractivity contribution in [2.24, 2.45) is 0 Å². The largest absolute Gasteiger partial charge is 0.310 e. The minimum absolute atomic E-state index is 0.480. The lowest BCUT2D eigenvalue weighted by Crippen LogP contribution is -2.26. The van der Waals surface area contributed by atoms with Crippen LogP contribution in [0.2, 0.25) is 0 Å². The molecule has 0 amide bonds. The van der Waals surface area contributed by atoms with Gasteiger partial charge in [0.2, 0.25) is 0 Å². The lowest BCUT2D eigenvalue weighted by Gasteiger charge is -2.20. The van der Waals surface area contributed by atoms with Crippen LogP contribution in [-0.4, -0.2) is 42.6 Å².